The molecule has 0 unspecified atom stereocenters. The van der Waals surface area contributed by atoms with Gasteiger partial charge in [-0.15, -0.1) is 0 Å². The van der Waals surface area contributed by atoms with Gasteiger partial charge in [-0.05, 0) is 42.2 Å². The van der Waals surface area contributed by atoms with E-state index in [1.807, 2.05) is 25.1 Å². The Morgan fingerprint density at radius 3 is 2.41 bits per heavy atom. The van der Waals surface area contributed by atoms with Crippen LogP contribution < -0.4 is 4.74 Å². The standard InChI is InChI=1S/C17H18ClF2NO/c1-10(2)14-6-5-13(7-11(14)3)22-16-15(18)8-12(9-21-16)17(4,19)20/h5-10H,1-4H3. The predicted molar refractivity (Wildman–Crippen MR) is 84.2 cm³/mol. The summed E-state index contributed by atoms with van der Waals surface area (Å²) in [6.45, 7) is 7.03. The first-order chi connectivity index (χ1) is 10.2. The van der Waals surface area contributed by atoms with E-state index in [1.165, 1.54) is 11.6 Å². The van der Waals surface area contributed by atoms with Crippen LogP contribution in [0.3, 0.4) is 0 Å². The first kappa shape index (κ1) is 16.7. The zero-order valence-corrected chi connectivity index (χ0v) is 13.7. The molecule has 0 N–H and O–H groups in total. The van der Waals surface area contributed by atoms with Crippen LogP contribution in [0.25, 0.3) is 0 Å². The van der Waals surface area contributed by atoms with Crippen LogP contribution >= 0.6 is 11.6 Å². The molecule has 0 aliphatic rings. The molecule has 5 heteroatoms. The van der Waals surface area contributed by atoms with Gasteiger partial charge < -0.3 is 4.74 Å². The Morgan fingerprint density at radius 2 is 1.91 bits per heavy atom. The first-order valence-electron chi connectivity index (χ1n) is 7.00. The second-order valence-corrected chi connectivity index (χ2v) is 6.08. The van der Waals surface area contributed by atoms with Crippen LogP contribution in [0, 0.1) is 6.92 Å². The lowest BCUT2D eigenvalue weighted by molar-refractivity contribution is 0.0171. The molecule has 2 rings (SSSR count). The van der Waals surface area contributed by atoms with E-state index in [4.69, 9.17) is 16.3 Å². The molecule has 0 saturated heterocycles. The van der Waals surface area contributed by atoms with Crippen molar-refractivity contribution in [2.24, 2.45) is 0 Å². The highest BCUT2D eigenvalue weighted by Gasteiger charge is 2.26. The molecular formula is C17H18ClF2NO. The van der Waals surface area contributed by atoms with Crippen LogP contribution in [-0.4, -0.2) is 4.98 Å². The highest BCUT2D eigenvalue weighted by Crippen LogP contribution is 2.34. The Bertz CT molecular complexity index is 681. The normalized spacial score (nSPS) is 11.8. The van der Waals surface area contributed by atoms with Gasteiger partial charge in [-0.3, -0.25) is 0 Å². The second-order valence-electron chi connectivity index (χ2n) is 5.67. The third-order valence-electron chi connectivity index (χ3n) is 3.39. The summed E-state index contributed by atoms with van der Waals surface area (Å²) in [5.74, 6) is -1.87. The number of nitrogens with zero attached hydrogens (tertiary/aromatic N) is 1. The van der Waals surface area contributed by atoms with E-state index in [0.29, 0.717) is 11.7 Å². The molecule has 0 aliphatic heterocycles. The van der Waals surface area contributed by atoms with E-state index in [9.17, 15) is 8.78 Å². The SMILES string of the molecule is Cc1cc(Oc2ncc(C(C)(F)F)cc2Cl)ccc1C(C)C. The van der Waals surface area contributed by atoms with Crippen molar-refractivity contribution in [3.05, 3.63) is 52.2 Å². The lowest BCUT2D eigenvalue weighted by Gasteiger charge is -2.14. The molecule has 2 nitrogen and oxygen atoms in total. The van der Waals surface area contributed by atoms with Gasteiger partial charge in [-0.25, -0.2) is 13.8 Å². The number of benzene rings is 1. The number of hydrogen-bond acceptors (Lipinski definition) is 2. The van der Waals surface area contributed by atoms with Crippen LogP contribution in [0.15, 0.2) is 30.5 Å². The molecule has 1 aromatic heterocycles. The van der Waals surface area contributed by atoms with Crippen molar-refractivity contribution in [2.45, 2.75) is 39.5 Å². The van der Waals surface area contributed by atoms with Gasteiger partial charge in [0.15, 0.2) is 0 Å². The van der Waals surface area contributed by atoms with Crippen molar-refractivity contribution in [1.29, 1.82) is 0 Å². The van der Waals surface area contributed by atoms with Crippen molar-refractivity contribution < 1.29 is 13.5 Å². The zero-order chi connectivity index (χ0) is 16.5. The van der Waals surface area contributed by atoms with E-state index in [-0.39, 0.29) is 16.5 Å². The minimum absolute atomic E-state index is 0.0598. The van der Waals surface area contributed by atoms with Gasteiger partial charge >= 0.3 is 0 Å². The molecule has 0 atom stereocenters. The summed E-state index contributed by atoms with van der Waals surface area (Å²) in [5.41, 5.74) is 2.09. The molecule has 2 aromatic rings. The van der Waals surface area contributed by atoms with Gasteiger partial charge in [-0.1, -0.05) is 31.5 Å². The Kier molecular flexibility index (Phi) is 4.71. The maximum Gasteiger partial charge on any atom is 0.272 e. The fourth-order valence-corrected chi connectivity index (χ4v) is 2.42. The summed E-state index contributed by atoms with van der Waals surface area (Å²) in [5, 5.41) is 0.0598. The van der Waals surface area contributed by atoms with E-state index in [0.717, 1.165) is 18.7 Å². The molecule has 118 valence electrons. The number of pyridine rings is 1. The zero-order valence-electron chi connectivity index (χ0n) is 13.0. The van der Waals surface area contributed by atoms with Crippen LogP contribution in [0.2, 0.25) is 5.02 Å². The fourth-order valence-electron chi connectivity index (χ4n) is 2.21. The Morgan fingerprint density at radius 1 is 1.23 bits per heavy atom. The number of aryl methyl sites for hydroxylation is 1. The topological polar surface area (TPSA) is 22.1 Å². The van der Waals surface area contributed by atoms with Crippen LogP contribution in [0.4, 0.5) is 8.78 Å². The molecular weight excluding hydrogens is 308 g/mol. The van der Waals surface area contributed by atoms with Gasteiger partial charge in [0, 0.05) is 18.7 Å². The number of aromatic nitrogens is 1. The van der Waals surface area contributed by atoms with Gasteiger partial charge in [-0.2, -0.15) is 0 Å². The number of alkyl halides is 2. The molecule has 22 heavy (non-hydrogen) atoms. The van der Waals surface area contributed by atoms with Crippen LogP contribution in [0.1, 0.15) is 43.4 Å². The minimum Gasteiger partial charge on any atom is -0.438 e. The summed E-state index contributed by atoms with van der Waals surface area (Å²) in [7, 11) is 0. The molecule has 0 aliphatic carbocycles. The lowest BCUT2D eigenvalue weighted by Crippen LogP contribution is -2.07. The molecule has 0 bridgehead atoms. The summed E-state index contributed by atoms with van der Waals surface area (Å²) >= 11 is 5.99. The maximum atomic E-state index is 13.2. The third-order valence-corrected chi connectivity index (χ3v) is 3.66. The van der Waals surface area contributed by atoms with Gasteiger partial charge in [0.2, 0.25) is 5.88 Å². The average molecular weight is 326 g/mol. The lowest BCUT2D eigenvalue weighted by atomic mass is 9.98. The third kappa shape index (κ3) is 3.74. The Balaban J connectivity index is 2.26. The van der Waals surface area contributed by atoms with E-state index in [1.54, 1.807) is 0 Å². The number of rotatable bonds is 4. The number of hydrogen-bond donors (Lipinski definition) is 0. The van der Waals surface area contributed by atoms with E-state index >= 15 is 0 Å². The quantitative estimate of drug-likeness (QED) is 0.680. The fraction of sp³-hybridized carbons (Fsp3) is 0.353. The number of halogens is 3. The highest BCUT2D eigenvalue weighted by atomic mass is 35.5. The number of ether oxygens (including phenoxy) is 1. The molecule has 0 spiro atoms. The Hall–Kier alpha value is -1.68. The van der Waals surface area contributed by atoms with Gasteiger partial charge in [0.05, 0.1) is 0 Å². The molecule has 0 amide bonds. The Labute approximate surface area is 134 Å². The molecule has 0 fully saturated rings. The van der Waals surface area contributed by atoms with Crippen molar-refractivity contribution >= 4 is 11.6 Å². The van der Waals surface area contributed by atoms with Gasteiger partial charge in [0.25, 0.3) is 5.92 Å². The minimum atomic E-state index is -2.98. The van der Waals surface area contributed by atoms with Crippen molar-refractivity contribution in [2.75, 3.05) is 0 Å². The summed E-state index contributed by atoms with van der Waals surface area (Å²) in [6.07, 6.45) is 1.08. The van der Waals surface area contributed by atoms with Crippen molar-refractivity contribution in [1.82, 2.24) is 4.98 Å². The largest absolute Gasteiger partial charge is 0.438 e. The molecule has 0 radical (unpaired) electrons. The molecule has 0 saturated carbocycles. The van der Waals surface area contributed by atoms with Crippen LogP contribution in [0.5, 0.6) is 11.6 Å². The first-order valence-corrected chi connectivity index (χ1v) is 7.38. The van der Waals surface area contributed by atoms with E-state index < -0.39 is 5.92 Å². The maximum absolute atomic E-state index is 13.2. The average Bonchev–Trinajstić information content (AvgIpc) is 2.39. The molecule has 1 aromatic carbocycles. The van der Waals surface area contributed by atoms with Crippen molar-refractivity contribution in [3.8, 4) is 11.6 Å². The second kappa shape index (κ2) is 6.21. The van der Waals surface area contributed by atoms with Crippen molar-refractivity contribution in [3.63, 3.8) is 0 Å². The summed E-state index contributed by atoms with van der Waals surface area (Å²) < 4.78 is 32.1. The molecule has 1 heterocycles. The summed E-state index contributed by atoms with van der Waals surface area (Å²) in [4.78, 5) is 3.89. The monoisotopic (exact) mass is 325 g/mol. The highest BCUT2D eigenvalue weighted by molar-refractivity contribution is 6.31. The smallest absolute Gasteiger partial charge is 0.272 e. The van der Waals surface area contributed by atoms with Crippen LogP contribution in [-0.2, 0) is 5.92 Å². The summed E-state index contributed by atoms with van der Waals surface area (Å²) in [6, 6.07) is 6.87. The van der Waals surface area contributed by atoms with Gasteiger partial charge in [0.1, 0.15) is 10.8 Å². The predicted octanol–water partition coefficient (Wildman–Crippen LogP) is 6.07. The van der Waals surface area contributed by atoms with E-state index in [2.05, 4.69) is 18.8 Å².